The maximum Gasteiger partial charge on any atom is 0.119 e. The number of benzene rings is 2. The van der Waals surface area contributed by atoms with Gasteiger partial charge in [-0.2, -0.15) is 0 Å². The van der Waals surface area contributed by atoms with Crippen LogP contribution in [0.25, 0.3) is 0 Å². The van der Waals surface area contributed by atoms with Crippen molar-refractivity contribution in [2.45, 2.75) is 79.7 Å². The number of nitrogens with two attached hydrogens (primary N) is 1. The lowest BCUT2D eigenvalue weighted by atomic mass is 10.1. The van der Waals surface area contributed by atoms with Gasteiger partial charge in [0.25, 0.3) is 0 Å². The molecule has 2 rings (SSSR count). The fraction of sp³-hybridized carbons (Fsp3) is 0.556. The minimum absolute atomic E-state index is 0.766. The fourth-order valence-electron chi connectivity index (χ4n) is 2.84. The summed E-state index contributed by atoms with van der Waals surface area (Å²) >= 11 is 0. The van der Waals surface area contributed by atoms with Crippen molar-refractivity contribution in [1.82, 2.24) is 5.32 Å². The van der Waals surface area contributed by atoms with Gasteiger partial charge in [-0.3, -0.25) is 0 Å². The normalized spacial score (nSPS) is 9.80. The molecule has 0 unspecified atom stereocenters. The Morgan fingerprint density at radius 2 is 1.60 bits per heavy atom. The van der Waals surface area contributed by atoms with E-state index in [2.05, 4.69) is 62.5 Å². The Balaban J connectivity index is 0.000000518. The summed E-state index contributed by atoms with van der Waals surface area (Å²) in [7, 11) is 0. The zero-order valence-electron chi connectivity index (χ0n) is 20.2. The lowest BCUT2D eigenvalue weighted by molar-refractivity contribution is 0.305. The number of aryl methyl sites for hydroxylation is 2. The van der Waals surface area contributed by atoms with E-state index in [0.717, 1.165) is 44.8 Å². The Morgan fingerprint density at radius 3 is 2.27 bits per heavy atom. The lowest BCUT2D eigenvalue weighted by Crippen LogP contribution is -2.17. The van der Waals surface area contributed by atoms with Gasteiger partial charge in [-0.15, -0.1) is 0 Å². The maximum atomic E-state index is 5.63. The molecule has 30 heavy (non-hydrogen) atoms. The summed E-state index contributed by atoms with van der Waals surface area (Å²) in [6.07, 6.45) is 7.20. The number of unbranched alkanes of at least 4 members (excludes halogenated alkanes) is 3. The van der Waals surface area contributed by atoms with Crippen LogP contribution >= 0.6 is 0 Å². The standard InChI is InChI=1S/C13H20O.C12H20N2.C2H6/c1-3-4-5-6-10-14-13-9-7-8-12(2)11-13;1-2-11-5-3-6-12(9-11)10-14-8-4-7-13;1-2/h7-9,11H,3-6,10H2,1-2H3;3,5-6,9,14H,2,4,7-8,10,13H2,1H3;1-2H3. The quantitative estimate of drug-likeness (QED) is 0.381. The average Bonchev–Trinajstić information content (AvgIpc) is 2.79. The smallest absolute Gasteiger partial charge is 0.119 e. The second-order valence-electron chi connectivity index (χ2n) is 7.22. The molecule has 0 spiro atoms. The van der Waals surface area contributed by atoms with Crippen LogP contribution in [0.15, 0.2) is 48.5 Å². The van der Waals surface area contributed by atoms with Gasteiger partial charge in [-0.1, -0.05) is 83.4 Å². The molecular weight excluding hydrogens is 368 g/mol. The second-order valence-corrected chi connectivity index (χ2v) is 7.22. The van der Waals surface area contributed by atoms with Gasteiger partial charge in [0.1, 0.15) is 5.75 Å². The van der Waals surface area contributed by atoms with Gasteiger partial charge >= 0.3 is 0 Å². The number of hydrogen-bond donors (Lipinski definition) is 2. The Hall–Kier alpha value is -1.84. The predicted octanol–water partition coefficient (Wildman–Crippen LogP) is 6.67. The highest BCUT2D eigenvalue weighted by molar-refractivity contribution is 5.27. The van der Waals surface area contributed by atoms with Crippen LogP contribution in [-0.4, -0.2) is 19.7 Å². The maximum absolute atomic E-state index is 5.63. The van der Waals surface area contributed by atoms with Crippen LogP contribution in [0.4, 0.5) is 0 Å². The van der Waals surface area contributed by atoms with Crippen molar-refractivity contribution in [3.8, 4) is 5.75 Å². The minimum atomic E-state index is 0.766. The SMILES string of the molecule is CC.CCCCCCOc1cccc(C)c1.CCc1cccc(CNCCCN)c1. The van der Waals surface area contributed by atoms with Crippen molar-refractivity contribution in [2.75, 3.05) is 19.7 Å². The molecule has 0 aliphatic heterocycles. The summed E-state index contributed by atoms with van der Waals surface area (Å²) in [6.45, 7) is 14.1. The first-order chi connectivity index (χ1) is 14.7. The minimum Gasteiger partial charge on any atom is -0.494 e. The summed E-state index contributed by atoms with van der Waals surface area (Å²) in [4.78, 5) is 0. The first kappa shape index (κ1) is 28.2. The van der Waals surface area contributed by atoms with E-state index in [9.17, 15) is 0 Å². The van der Waals surface area contributed by atoms with Gasteiger partial charge in [0.15, 0.2) is 0 Å². The summed E-state index contributed by atoms with van der Waals surface area (Å²) in [5.74, 6) is 1.00. The summed E-state index contributed by atoms with van der Waals surface area (Å²) in [6, 6.07) is 16.9. The average molecular weight is 415 g/mol. The molecule has 3 nitrogen and oxygen atoms in total. The van der Waals surface area contributed by atoms with Crippen LogP contribution in [0.3, 0.4) is 0 Å². The second kappa shape index (κ2) is 20.4. The Bertz CT molecular complexity index is 628. The number of hydrogen-bond acceptors (Lipinski definition) is 3. The van der Waals surface area contributed by atoms with Crippen molar-refractivity contribution in [1.29, 1.82) is 0 Å². The van der Waals surface area contributed by atoms with E-state index < -0.39 is 0 Å². The van der Waals surface area contributed by atoms with Gasteiger partial charge in [0, 0.05) is 6.54 Å². The highest BCUT2D eigenvalue weighted by Crippen LogP contribution is 2.13. The zero-order valence-corrected chi connectivity index (χ0v) is 20.2. The molecule has 0 fully saturated rings. The van der Waals surface area contributed by atoms with Crippen LogP contribution in [0.1, 0.15) is 76.5 Å². The summed E-state index contributed by atoms with van der Waals surface area (Å²) in [5, 5.41) is 3.37. The molecule has 0 atom stereocenters. The molecule has 0 saturated carbocycles. The van der Waals surface area contributed by atoms with Gasteiger partial charge in [-0.25, -0.2) is 0 Å². The highest BCUT2D eigenvalue weighted by atomic mass is 16.5. The third kappa shape index (κ3) is 15.1. The van der Waals surface area contributed by atoms with E-state index in [1.807, 2.05) is 26.0 Å². The molecule has 0 bridgehead atoms. The molecular formula is C27H46N2O. The lowest BCUT2D eigenvalue weighted by Gasteiger charge is -2.06. The van der Waals surface area contributed by atoms with Crippen LogP contribution < -0.4 is 15.8 Å². The highest BCUT2D eigenvalue weighted by Gasteiger charge is 1.94. The van der Waals surface area contributed by atoms with Crippen molar-refractivity contribution < 1.29 is 4.74 Å². The number of nitrogens with one attached hydrogen (secondary N) is 1. The monoisotopic (exact) mass is 414 g/mol. The summed E-state index contributed by atoms with van der Waals surface area (Å²) < 4.78 is 5.63. The molecule has 0 radical (unpaired) electrons. The zero-order chi connectivity index (χ0) is 22.5. The van der Waals surface area contributed by atoms with Crippen molar-refractivity contribution in [2.24, 2.45) is 5.73 Å². The molecule has 0 aromatic heterocycles. The molecule has 0 aliphatic carbocycles. The number of rotatable bonds is 12. The largest absolute Gasteiger partial charge is 0.494 e. The van der Waals surface area contributed by atoms with E-state index in [1.54, 1.807) is 0 Å². The van der Waals surface area contributed by atoms with E-state index in [-0.39, 0.29) is 0 Å². The van der Waals surface area contributed by atoms with E-state index in [1.165, 1.54) is 42.4 Å². The van der Waals surface area contributed by atoms with Crippen LogP contribution in [0.2, 0.25) is 0 Å². The number of ether oxygens (including phenoxy) is 1. The van der Waals surface area contributed by atoms with Gasteiger partial charge < -0.3 is 15.8 Å². The Labute approximate surface area is 186 Å². The van der Waals surface area contributed by atoms with Crippen LogP contribution in [0, 0.1) is 6.92 Å². The molecule has 3 heteroatoms. The topological polar surface area (TPSA) is 47.3 Å². The fourth-order valence-corrected chi connectivity index (χ4v) is 2.84. The van der Waals surface area contributed by atoms with E-state index >= 15 is 0 Å². The van der Waals surface area contributed by atoms with Crippen molar-refractivity contribution >= 4 is 0 Å². The molecule has 2 aromatic carbocycles. The van der Waals surface area contributed by atoms with Crippen molar-refractivity contribution in [3.05, 3.63) is 65.2 Å². The Morgan fingerprint density at radius 1 is 0.867 bits per heavy atom. The van der Waals surface area contributed by atoms with Crippen LogP contribution in [-0.2, 0) is 13.0 Å². The molecule has 0 saturated heterocycles. The van der Waals surface area contributed by atoms with Crippen LogP contribution in [0.5, 0.6) is 5.75 Å². The van der Waals surface area contributed by atoms with Crippen molar-refractivity contribution in [3.63, 3.8) is 0 Å². The van der Waals surface area contributed by atoms with Gasteiger partial charge in [0.2, 0.25) is 0 Å². The summed E-state index contributed by atoms with van der Waals surface area (Å²) in [5.41, 5.74) is 9.44. The molecule has 0 heterocycles. The van der Waals surface area contributed by atoms with E-state index in [4.69, 9.17) is 10.5 Å². The molecule has 170 valence electrons. The molecule has 0 amide bonds. The van der Waals surface area contributed by atoms with Gasteiger partial charge in [-0.05, 0) is 68.1 Å². The third-order valence-corrected chi connectivity index (χ3v) is 4.54. The molecule has 3 N–H and O–H groups in total. The molecule has 2 aromatic rings. The first-order valence-electron chi connectivity index (χ1n) is 11.9. The van der Waals surface area contributed by atoms with Gasteiger partial charge in [0.05, 0.1) is 6.61 Å². The first-order valence-corrected chi connectivity index (χ1v) is 11.9. The Kier molecular flexibility index (Phi) is 19.2. The predicted molar refractivity (Wildman–Crippen MR) is 133 cm³/mol. The third-order valence-electron chi connectivity index (χ3n) is 4.54. The molecule has 0 aliphatic rings. The van der Waals surface area contributed by atoms with E-state index in [0.29, 0.717) is 0 Å².